The maximum Gasteiger partial charge on any atom is 0.407 e. The number of halogens is 1. The Morgan fingerprint density at radius 2 is 2.17 bits per heavy atom. The SMILES string of the molecule is CC(Oc1ccccc1Br)C1CC(CNC(=O)OC(C)(C)C)=NO1. The van der Waals surface area contributed by atoms with Gasteiger partial charge in [0, 0.05) is 6.42 Å². The second kappa shape index (κ2) is 7.88. The van der Waals surface area contributed by atoms with Crippen LogP contribution in [0.15, 0.2) is 33.9 Å². The van der Waals surface area contributed by atoms with E-state index in [9.17, 15) is 4.79 Å². The van der Waals surface area contributed by atoms with E-state index in [1.807, 2.05) is 52.0 Å². The average Bonchev–Trinajstić information content (AvgIpc) is 2.95. The highest BCUT2D eigenvalue weighted by Crippen LogP contribution is 2.27. The zero-order chi connectivity index (χ0) is 17.7. The van der Waals surface area contributed by atoms with Crippen molar-refractivity contribution in [3.8, 4) is 5.75 Å². The molecule has 2 atom stereocenters. The smallest absolute Gasteiger partial charge is 0.407 e. The van der Waals surface area contributed by atoms with Crippen LogP contribution in [0.4, 0.5) is 4.79 Å². The molecule has 0 saturated carbocycles. The first-order valence-corrected chi connectivity index (χ1v) is 8.63. The van der Waals surface area contributed by atoms with Crippen molar-refractivity contribution in [3.63, 3.8) is 0 Å². The highest BCUT2D eigenvalue weighted by atomic mass is 79.9. The van der Waals surface area contributed by atoms with Crippen molar-refractivity contribution in [3.05, 3.63) is 28.7 Å². The fraction of sp³-hybridized carbons (Fsp3) is 0.529. The van der Waals surface area contributed by atoms with Crippen molar-refractivity contribution < 1.29 is 19.1 Å². The summed E-state index contributed by atoms with van der Waals surface area (Å²) in [7, 11) is 0. The predicted octanol–water partition coefficient (Wildman–Crippen LogP) is 3.89. The average molecular weight is 399 g/mol. The number of oxime groups is 1. The number of carbonyl (C=O) groups is 1. The second-order valence-corrected chi connectivity index (χ2v) is 7.47. The van der Waals surface area contributed by atoms with Gasteiger partial charge in [-0.25, -0.2) is 4.79 Å². The fourth-order valence-corrected chi connectivity index (χ4v) is 2.49. The molecule has 0 saturated heterocycles. The Labute approximate surface area is 150 Å². The third-order valence-electron chi connectivity index (χ3n) is 3.26. The van der Waals surface area contributed by atoms with E-state index in [-0.39, 0.29) is 12.2 Å². The number of hydrogen-bond acceptors (Lipinski definition) is 5. The predicted molar refractivity (Wildman–Crippen MR) is 95.4 cm³/mol. The first-order valence-electron chi connectivity index (χ1n) is 7.84. The number of ether oxygens (including phenoxy) is 2. The molecule has 0 radical (unpaired) electrons. The lowest BCUT2D eigenvalue weighted by Crippen LogP contribution is -2.36. The van der Waals surface area contributed by atoms with Gasteiger partial charge < -0.3 is 19.6 Å². The lowest BCUT2D eigenvalue weighted by Gasteiger charge is -2.20. The van der Waals surface area contributed by atoms with Gasteiger partial charge in [0.15, 0.2) is 6.10 Å². The van der Waals surface area contributed by atoms with Gasteiger partial charge in [-0.3, -0.25) is 0 Å². The van der Waals surface area contributed by atoms with E-state index in [0.717, 1.165) is 15.9 Å². The molecule has 0 fully saturated rings. The normalized spacial score (nSPS) is 18.4. The molecule has 1 aromatic carbocycles. The third kappa shape index (κ3) is 5.70. The van der Waals surface area contributed by atoms with Gasteiger partial charge in [-0.05, 0) is 55.8 Å². The molecule has 6 nitrogen and oxygen atoms in total. The molecule has 1 heterocycles. The molecule has 1 aliphatic heterocycles. The van der Waals surface area contributed by atoms with E-state index < -0.39 is 11.7 Å². The minimum absolute atomic E-state index is 0.175. The minimum Gasteiger partial charge on any atom is -0.486 e. The van der Waals surface area contributed by atoms with Gasteiger partial charge in [0.1, 0.15) is 17.5 Å². The summed E-state index contributed by atoms with van der Waals surface area (Å²) in [5.74, 6) is 0.758. The zero-order valence-corrected chi connectivity index (χ0v) is 15.9. The number of rotatable bonds is 5. The summed E-state index contributed by atoms with van der Waals surface area (Å²) in [6.45, 7) is 7.69. The Hall–Kier alpha value is -1.76. The van der Waals surface area contributed by atoms with Gasteiger partial charge in [0.25, 0.3) is 0 Å². The molecule has 132 valence electrons. The molecule has 0 aliphatic carbocycles. The Kier molecular flexibility index (Phi) is 6.10. The Balaban J connectivity index is 1.78. The number of carbonyl (C=O) groups excluding carboxylic acids is 1. The van der Waals surface area contributed by atoms with Gasteiger partial charge >= 0.3 is 6.09 Å². The molecule has 24 heavy (non-hydrogen) atoms. The Bertz CT molecular complexity index is 613. The zero-order valence-electron chi connectivity index (χ0n) is 14.3. The highest BCUT2D eigenvalue weighted by molar-refractivity contribution is 9.10. The van der Waals surface area contributed by atoms with E-state index in [4.69, 9.17) is 14.3 Å². The summed E-state index contributed by atoms with van der Waals surface area (Å²) in [6.07, 6.45) is -0.230. The molecule has 1 aromatic rings. The standard InChI is InChI=1S/C17H23BrN2O4/c1-11(22-14-8-6-5-7-13(14)18)15-9-12(20-24-15)10-19-16(21)23-17(2,3)4/h5-8,11,15H,9-10H2,1-4H3,(H,19,21). The van der Waals surface area contributed by atoms with Crippen LogP contribution in [0.3, 0.4) is 0 Å². The summed E-state index contributed by atoms with van der Waals surface area (Å²) in [6, 6.07) is 7.65. The topological polar surface area (TPSA) is 69.2 Å². The van der Waals surface area contributed by atoms with Crippen LogP contribution in [0.5, 0.6) is 5.75 Å². The summed E-state index contributed by atoms with van der Waals surface area (Å²) < 4.78 is 12.0. The summed E-state index contributed by atoms with van der Waals surface area (Å²) in [4.78, 5) is 17.1. The quantitative estimate of drug-likeness (QED) is 0.816. The van der Waals surface area contributed by atoms with Crippen molar-refractivity contribution in [1.82, 2.24) is 5.32 Å². The first kappa shape index (κ1) is 18.6. The lowest BCUT2D eigenvalue weighted by molar-refractivity contribution is 0.00374. The molecule has 2 unspecified atom stereocenters. The van der Waals surface area contributed by atoms with E-state index in [1.54, 1.807) is 0 Å². The second-order valence-electron chi connectivity index (χ2n) is 6.61. The molecule has 1 N–H and O–H groups in total. The van der Waals surface area contributed by atoms with E-state index in [0.29, 0.717) is 13.0 Å². The van der Waals surface area contributed by atoms with E-state index >= 15 is 0 Å². The van der Waals surface area contributed by atoms with Crippen molar-refractivity contribution in [2.75, 3.05) is 6.54 Å². The first-order chi connectivity index (χ1) is 11.2. The third-order valence-corrected chi connectivity index (χ3v) is 3.92. The van der Waals surface area contributed by atoms with E-state index in [1.165, 1.54) is 0 Å². The maximum atomic E-state index is 11.7. The van der Waals surface area contributed by atoms with Crippen LogP contribution >= 0.6 is 15.9 Å². The number of nitrogens with zero attached hydrogens (tertiary/aromatic N) is 1. The van der Waals surface area contributed by atoms with Crippen LogP contribution in [0.1, 0.15) is 34.1 Å². The van der Waals surface area contributed by atoms with Crippen LogP contribution in [-0.2, 0) is 9.57 Å². The number of hydrogen-bond donors (Lipinski definition) is 1. The molecular formula is C17H23BrN2O4. The number of para-hydroxylation sites is 1. The Morgan fingerprint density at radius 1 is 1.46 bits per heavy atom. The summed E-state index contributed by atoms with van der Waals surface area (Å²) in [5.41, 5.74) is 0.236. The minimum atomic E-state index is -0.522. The Morgan fingerprint density at radius 3 is 2.83 bits per heavy atom. The summed E-state index contributed by atoms with van der Waals surface area (Å²) in [5, 5.41) is 6.70. The van der Waals surface area contributed by atoms with Gasteiger partial charge in [-0.15, -0.1) is 0 Å². The monoisotopic (exact) mass is 398 g/mol. The van der Waals surface area contributed by atoms with Gasteiger partial charge in [-0.1, -0.05) is 17.3 Å². The molecule has 0 aromatic heterocycles. The molecule has 1 aliphatic rings. The molecule has 0 bridgehead atoms. The van der Waals surface area contributed by atoms with Crippen molar-refractivity contribution in [2.45, 2.75) is 51.9 Å². The summed E-state index contributed by atoms with van der Waals surface area (Å²) >= 11 is 3.45. The van der Waals surface area contributed by atoms with Gasteiger partial charge in [0.05, 0.1) is 16.7 Å². The van der Waals surface area contributed by atoms with Crippen LogP contribution in [0.25, 0.3) is 0 Å². The number of nitrogens with one attached hydrogen (secondary N) is 1. The number of benzene rings is 1. The van der Waals surface area contributed by atoms with Crippen molar-refractivity contribution in [1.29, 1.82) is 0 Å². The molecule has 2 rings (SSSR count). The largest absolute Gasteiger partial charge is 0.486 e. The fourth-order valence-electron chi connectivity index (χ4n) is 2.11. The van der Waals surface area contributed by atoms with Crippen LogP contribution in [0.2, 0.25) is 0 Å². The van der Waals surface area contributed by atoms with Crippen molar-refractivity contribution >= 4 is 27.7 Å². The van der Waals surface area contributed by atoms with Crippen molar-refractivity contribution in [2.24, 2.45) is 5.16 Å². The molecule has 7 heteroatoms. The van der Waals surface area contributed by atoms with Gasteiger partial charge in [0.2, 0.25) is 0 Å². The molecule has 1 amide bonds. The lowest BCUT2D eigenvalue weighted by atomic mass is 10.1. The maximum absolute atomic E-state index is 11.7. The highest BCUT2D eigenvalue weighted by Gasteiger charge is 2.29. The molecule has 0 spiro atoms. The molecular weight excluding hydrogens is 376 g/mol. The van der Waals surface area contributed by atoms with E-state index in [2.05, 4.69) is 26.4 Å². The van der Waals surface area contributed by atoms with Crippen LogP contribution in [0, 0.1) is 0 Å². The van der Waals surface area contributed by atoms with Gasteiger partial charge in [-0.2, -0.15) is 0 Å². The number of amides is 1. The van der Waals surface area contributed by atoms with Crippen LogP contribution < -0.4 is 10.1 Å². The van der Waals surface area contributed by atoms with Crippen LogP contribution in [-0.4, -0.2) is 36.2 Å². The number of alkyl carbamates (subject to hydrolysis) is 1.